The molecule has 1 aromatic carbocycles. The largest absolute Gasteiger partial charge is 0.493 e. The van der Waals surface area contributed by atoms with Crippen LogP contribution < -0.4 is 9.47 Å². The number of methoxy groups -OCH3 is 2. The number of carbonyl (C=O) groups is 2. The second-order valence-corrected chi connectivity index (χ2v) is 7.20. The molecule has 0 spiro atoms. The Kier molecular flexibility index (Phi) is 7.44. The van der Waals surface area contributed by atoms with Gasteiger partial charge in [-0.2, -0.15) is 0 Å². The van der Waals surface area contributed by atoms with E-state index in [0.29, 0.717) is 44.3 Å². The van der Waals surface area contributed by atoms with Gasteiger partial charge in [-0.25, -0.2) is 4.79 Å². The van der Waals surface area contributed by atoms with Crippen molar-refractivity contribution in [3.8, 4) is 11.5 Å². The molecule has 1 aromatic rings. The number of ether oxygens (including phenoxy) is 3. The van der Waals surface area contributed by atoms with Crippen LogP contribution in [0.3, 0.4) is 0 Å². The fourth-order valence-corrected chi connectivity index (χ4v) is 3.71. The van der Waals surface area contributed by atoms with Gasteiger partial charge in [-0.15, -0.1) is 11.8 Å². The Balaban J connectivity index is 1.91. The minimum Gasteiger partial charge on any atom is -0.493 e. The van der Waals surface area contributed by atoms with Crippen LogP contribution in [-0.4, -0.2) is 74.1 Å². The lowest BCUT2D eigenvalue weighted by Gasteiger charge is -2.35. The Morgan fingerprint density at radius 3 is 2.27 bits per heavy atom. The van der Waals surface area contributed by atoms with E-state index in [0.717, 1.165) is 4.90 Å². The molecular formula is C18H26N2O5S. The summed E-state index contributed by atoms with van der Waals surface area (Å²) < 4.78 is 15.5. The number of rotatable bonds is 6. The van der Waals surface area contributed by atoms with Crippen molar-refractivity contribution >= 4 is 23.8 Å². The Morgan fingerprint density at radius 1 is 1.08 bits per heavy atom. The van der Waals surface area contributed by atoms with Gasteiger partial charge in [0, 0.05) is 31.1 Å². The molecule has 0 aliphatic carbocycles. The predicted octanol–water partition coefficient (Wildman–Crippen LogP) is 2.49. The molecule has 1 fully saturated rings. The normalized spacial score (nSPS) is 15.4. The second-order valence-electron chi connectivity index (χ2n) is 5.79. The van der Waals surface area contributed by atoms with E-state index in [-0.39, 0.29) is 17.3 Å². The summed E-state index contributed by atoms with van der Waals surface area (Å²) in [4.78, 5) is 28.8. The van der Waals surface area contributed by atoms with E-state index in [1.165, 1.54) is 11.8 Å². The van der Waals surface area contributed by atoms with Crippen molar-refractivity contribution in [1.82, 2.24) is 9.80 Å². The van der Waals surface area contributed by atoms with Crippen LogP contribution in [0.25, 0.3) is 0 Å². The molecule has 0 radical (unpaired) electrons. The van der Waals surface area contributed by atoms with Crippen LogP contribution in [0.4, 0.5) is 4.79 Å². The standard InChI is InChI=1S/C18H26N2O5S/c1-5-25-18(22)20-10-8-19(9-11-20)17(21)13(2)26-14-6-7-15(23-3)16(12-14)24-4/h6-7,12-13H,5,8-11H2,1-4H3. The third-order valence-electron chi connectivity index (χ3n) is 4.13. The van der Waals surface area contributed by atoms with Crippen LogP contribution in [0.2, 0.25) is 0 Å². The van der Waals surface area contributed by atoms with E-state index >= 15 is 0 Å². The molecule has 7 nitrogen and oxygen atoms in total. The number of nitrogens with zero attached hydrogens (tertiary/aromatic N) is 2. The Bertz CT molecular complexity index is 632. The highest BCUT2D eigenvalue weighted by molar-refractivity contribution is 8.00. The number of carbonyl (C=O) groups excluding carboxylic acids is 2. The molecule has 144 valence electrons. The van der Waals surface area contributed by atoms with Crippen molar-refractivity contribution in [3.05, 3.63) is 18.2 Å². The van der Waals surface area contributed by atoms with Gasteiger partial charge in [-0.3, -0.25) is 4.79 Å². The molecule has 0 N–H and O–H groups in total. The molecule has 0 bridgehead atoms. The van der Waals surface area contributed by atoms with Gasteiger partial charge in [-0.1, -0.05) is 0 Å². The van der Waals surface area contributed by atoms with Gasteiger partial charge in [0.15, 0.2) is 11.5 Å². The Morgan fingerprint density at radius 2 is 1.69 bits per heavy atom. The van der Waals surface area contributed by atoms with Crippen molar-refractivity contribution in [2.24, 2.45) is 0 Å². The molecule has 8 heteroatoms. The first kappa shape index (κ1) is 20.2. The highest BCUT2D eigenvalue weighted by Crippen LogP contribution is 2.34. The topological polar surface area (TPSA) is 68.3 Å². The number of hydrogen-bond acceptors (Lipinski definition) is 6. The third kappa shape index (κ3) is 4.97. The van der Waals surface area contributed by atoms with Gasteiger partial charge in [0.05, 0.1) is 26.1 Å². The molecule has 1 saturated heterocycles. The van der Waals surface area contributed by atoms with Gasteiger partial charge in [0.25, 0.3) is 0 Å². The summed E-state index contributed by atoms with van der Waals surface area (Å²) in [5.41, 5.74) is 0. The van der Waals surface area contributed by atoms with Crippen LogP contribution in [0.15, 0.2) is 23.1 Å². The molecule has 1 heterocycles. The minimum atomic E-state index is -0.313. The first-order chi connectivity index (χ1) is 12.5. The summed E-state index contributed by atoms with van der Waals surface area (Å²) in [5.74, 6) is 1.36. The molecule has 1 unspecified atom stereocenters. The molecule has 0 saturated carbocycles. The van der Waals surface area contributed by atoms with Crippen molar-refractivity contribution in [2.45, 2.75) is 24.0 Å². The van der Waals surface area contributed by atoms with E-state index < -0.39 is 0 Å². The predicted molar refractivity (Wildman–Crippen MR) is 100 cm³/mol. The first-order valence-electron chi connectivity index (χ1n) is 8.59. The van der Waals surface area contributed by atoms with E-state index in [9.17, 15) is 9.59 Å². The van der Waals surface area contributed by atoms with Crippen LogP contribution in [0.5, 0.6) is 11.5 Å². The van der Waals surface area contributed by atoms with Gasteiger partial charge < -0.3 is 24.0 Å². The molecule has 1 atom stereocenters. The number of benzene rings is 1. The lowest BCUT2D eigenvalue weighted by atomic mass is 10.3. The van der Waals surface area contributed by atoms with Crippen molar-refractivity contribution in [2.75, 3.05) is 47.0 Å². The lowest BCUT2D eigenvalue weighted by Crippen LogP contribution is -2.52. The summed E-state index contributed by atoms with van der Waals surface area (Å²) in [7, 11) is 3.18. The molecule has 26 heavy (non-hydrogen) atoms. The highest BCUT2D eigenvalue weighted by Gasteiger charge is 2.28. The molecule has 2 rings (SSSR count). The zero-order valence-corrected chi connectivity index (χ0v) is 16.5. The second kappa shape index (κ2) is 9.56. The quantitative estimate of drug-likeness (QED) is 0.704. The fourth-order valence-electron chi connectivity index (χ4n) is 2.73. The monoisotopic (exact) mass is 382 g/mol. The molecule has 2 amide bonds. The highest BCUT2D eigenvalue weighted by atomic mass is 32.2. The Hall–Kier alpha value is -2.09. The molecule has 1 aliphatic rings. The van der Waals surface area contributed by atoms with Gasteiger partial charge >= 0.3 is 6.09 Å². The van der Waals surface area contributed by atoms with E-state index in [4.69, 9.17) is 14.2 Å². The summed E-state index contributed by atoms with van der Waals surface area (Å²) in [5, 5.41) is -0.234. The van der Waals surface area contributed by atoms with E-state index in [2.05, 4.69) is 0 Å². The number of hydrogen-bond donors (Lipinski definition) is 0. The first-order valence-corrected chi connectivity index (χ1v) is 9.47. The van der Waals surface area contributed by atoms with Crippen molar-refractivity contribution in [3.63, 3.8) is 0 Å². The van der Waals surface area contributed by atoms with Crippen LogP contribution in [0.1, 0.15) is 13.8 Å². The summed E-state index contributed by atoms with van der Waals surface area (Å²) in [6, 6.07) is 5.61. The summed E-state index contributed by atoms with van der Waals surface area (Å²) in [6.07, 6.45) is -0.313. The molecular weight excluding hydrogens is 356 g/mol. The Labute approximate surface area is 158 Å². The minimum absolute atomic E-state index is 0.0632. The average molecular weight is 382 g/mol. The maximum absolute atomic E-state index is 12.7. The zero-order chi connectivity index (χ0) is 19.1. The number of amides is 2. The number of piperazine rings is 1. The fraction of sp³-hybridized carbons (Fsp3) is 0.556. The van der Waals surface area contributed by atoms with Gasteiger partial charge in [0.2, 0.25) is 5.91 Å². The third-order valence-corrected chi connectivity index (χ3v) is 5.21. The molecule has 0 aromatic heterocycles. The van der Waals surface area contributed by atoms with Gasteiger partial charge in [-0.05, 0) is 32.0 Å². The van der Waals surface area contributed by atoms with Gasteiger partial charge in [0.1, 0.15) is 0 Å². The maximum Gasteiger partial charge on any atom is 0.409 e. The lowest BCUT2D eigenvalue weighted by molar-refractivity contribution is -0.131. The maximum atomic E-state index is 12.7. The van der Waals surface area contributed by atoms with Crippen LogP contribution in [0, 0.1) is 0 Å². The van der Waals surface area contributed by atoms with Crippen molar-refractivity contribution in [1.29, 1.82) is 0 Å². The van der Waals surface area contributed by atoms with Crippen LogP contribution in [-0.2, 0) is 9.53 Å². The summed E-state index contributed by atoms with van der Waals surface area (Å²) >= 11 is 1.48. The smallest absolute Gasteiger partial charge is 0.409 e. The average Bonchev–Trinajstić information content (AvgIpc) is 2.67. The van der Waals surface area contributed by atoms with E-state index in [1.807, 2.05) is 25.1 Å². The zero-order valence-electron chi connectivity index (χ0n) is 15.7. The summed E-state index contributed by atoms with van der Waals surface area (Å²) in [6.45, 7) is 6.07. The van der Waals surface area contributed by atoms with E-state index in [1.54, 1.807) is 30.9 Å². The van der Waals surface area contributed by atoms with Crippen LogP contribution >= 0.6 is 11.8 Å². The number of thioether (sulfide) groups is 1. The SMILES string of the molecule is CCOC(=O)N1CCN(C(=O)C(C)Sc2ccc(OC)c(OC)c2)CC1. The van der Waals surface area contributed by atoms with Crippen molar-refractivity contribution < 1.29 is 23.8 Å². The molecule has 1 aliphatic heterocycles.